The molecule has 1 N–H and O–H groups in total. The van der Waals surface area contributed by atoms with Crippen LogP contribution in [0, 0.1) is 6.92 Å². The van der Waals surface area contributed by atoms with Crippen molar-refractivity contribution in [2.45, 2.75) is 13.5 Å². The molecule has 0 bridgehead atoms. The van der Waals surface area contributed by atoms with Gasteiger partial charge in [-0.1, -0.05) is 17.3 Å². The van der Waals surface area contributed by atoms with Gasteiger partial charge in [0, 0.05) is 19.3 Å². The normalized spacial score (nSPS) is 11.0. The Morgan fingerprint density at radius 1 is 1.33 bits per heavy atom. The summed E-state index contributed by atoms with van der Waals surface area (Å²) >= 11 is 0. The van der Waals surface area contributed by atoms with Crippen LogP contribution in [0.5, 0.6) is 0 Å². The van der Waals surface area contributed by atoms with Gasteiger partial charge in [0.2, 0.25) is 0 Å². The summed E-state index contributed by atoms with van der Waals surface area (Å²) in [5, 5.41) is 15.7. The molecule has 2 aromatic heterocycles. The van der Waals surface area contributed by atoms with Crippen LogP contribution in [0.25, 0.3) is 11.0 Å². The van der Waals surface area contributed by atoms with Crippen LogP contribution < -0.4 is 10.9 Å². The van der Waals surface area contributed by atoms with Crippen LogP contribution in [-0.4, -0.2) is 31.3 Å². The Hall–Kier alpha value is -2.70. The zero-order chi connectivity index (χ0) is 14.8. The molecule has 2 heterocycles. The molecule has 21 heavy (non-hydrogen) atoms. The van der Waals surface area contributed by atoms with E-state index in [2.05, 4.69) is 26.8 Å². The zero-order valence-electron chi connectivity index (χ0n) is 11.9. The summed E-state index contributed by atoms with van der Waals surface area (Å²) in [5.41, 5.74) is 2.55. The van der Waals surface area contributed by atoms with E-state index in [4.69, 9.17) is 0 Å². The fourth-order valence-electron chi connectivity index (χ4n) is 2.18. The quantitative estimate of drug-likeness (QED) is 0.771. The van der Waals surface area contributed by atoms with Crippen molar-refractivity contribution in [2.24, 2.45) is 7.05 Å². The molecular weight excluding hydrogens is 268 g/mol. The summed E-state index contributed by atoms with van der Waals surface area (Å²) in [6.45, 7) is 3.09. The molecule has 0 spiro atoms. The first kappa shape index (κ1) is 13.3. The van der Waals surface area contributed by atoms with Crippen molar-refractivity contribution in [3.05, 3.63) is 46.4 Å². The topological polar surface area (TPSA) is 77.6 Å². The van der Waals surface area contributed by atoms with Crippen molar-refractivity contribution >= 4 is 16.7 Å². The van der Waals surface area contributed by atoms with Gasteiger partial charge in [-0.3, -0.25) is 4.79 Å². The lowest BCUT2D eigenvalue weighted by Gasteiger charge is -2.07. The molecule has 0 saturated carbocycles. The van der Waals surface area contributed by atoms with Crippen LogP contribution in [0.15, 0.2) is 35.3 Å². The largest absolute Gasteiger partial charge is 0.383 e. The highest BCUT2D eigenvalue weighted by atomic mass is 16.1. The molecule has 0 fully saturated rings. The van der Waals surface area contributed by atoms with Gasteiger partial charge in [0.25, 0.3) is 5.56 Å². The van der Waals surface area contributed by atoms with Gasteiger partial charge in [-0.05, 0) is 24.6 Å². The number of nitrogens with one attached hydrogen (secondary N) is 1. The molecule has 1 aromatic carbocycles. The van der Waals surface area contributed by atoms with E-state index in [-0.39, 0.29) is 5.56 Å². The Kier molecular flexibility index (Phi) is 3.39. The monoisotopic (exact) mass is 284 g/mol. The van der Waals surface area contributed by atoms with Crippen LogP contribution in [0.3, 0.4) is 0 Å². The summed E-state index contributed by atoms with van der Waals surface area (Å²) in [4.78, 5) is 12.2. The van der Waals surface area contributed by atoms with Gasteiger partial charge in [0.05, 0.1) is 12.7 Å². The van der Waals surface area contributed by atoms with Crippen molar-refractivity contribution in [3.8, 4) is 0 Å². The smallest absolute Gasteiger partial charge is 0.280 e. The fourth-order valence-corrected chi connectivity index (χ4v) is 2.18. The summed E-state index contributed by atoms with van der Waals surface area (Å²) in [7, 11) is 1.74. The third kappa shape index (κ3) is 2.62. The molecule has 3 aromatic rings. The molecule has 0 aliphatic carbocycles. The highest BCUT2D eigenvalue weighted by molar-refractivity contribution is 5.72. The number of hydrogen-bond acceptors (Lipinski definition) is 5. The van der Waals surface area contributed by atoms with Gasteiger partial charge in [0.1, 0.15) is 5.39 Å². The summed E-state index contributed by atoms with van der Waals surface area (Å²) in [6.07, 6.45) is 1.52. The third-order valence-electron chi connectivity index (χ3n) is 3.29. The molecule has 0 unspecified atom stereocenters. The predicted molar refractivity (Wildman–Crippen MR) is 80.2 cm³/mol. The van der Waals surface area contributed by atoms with Gasteiger partial charge in [-0.2, -0.15) is 5.10 Å². The average Bonchev–Trinajstić information content (AvgIpc) is 2.84. The highest BCUT2D eigenvalue weighted by Gasteiger charge is 2.08. The lowest BCUT2D eigenvalue weighted by atomic mass is 10.2. The van der Waals surface area contributed by atoms with Gasteiger partial charge < -0.3 is 5.32 Å². The van der Waals surface area contributed by atoms with Crippen molar-refractivity contribution in [3.63, 3.8) is 0 Å². The number of aryl methyl sites for hydroxylation is 2. The van der Waals surface area contributed by atoms with Gasteiger partial charge in [0.15, 0.2) is 5.65 Å². The van der Waals surface area contributed by atoms with E-state index >= 15 is 0 Å². The number of aromatic nitrogens is 5. The Labute approximate surface area is 121 Å². The van der Waals surface area contributed by atoms with E-state index in [9.17, 15) is 4.79 Å². The number of anilines is 1. The molecule has 0 aliphatic heterocycles. The Morgan fingerprint density at radius 3 is 3.00 bits per heavy atom. The number of nitrogens with zero attached hydrogens (tertiary/aromatic N) is 5. The number of benzene rings is 1. The molecule has 0 aliphatic rings. The maximum atomic E-state index is 12.2. The lowest BCUT2D eigenvalue weighted by Crippen LogP contribution is -2.27. The van der Waals surface area contributed by atoms with Crippen LogP contribution in [0.2, 0.25) is 0 Å². The Morgan fingerprint density at radius 2 is 2.19 bits per heavy atom. The molecule has 0 radical (unpaired) electrons. The third-order valence-corrected chi connectivity index (χ3v) is 3.29. The summed E-state index contributed by atoms with van der Waals surface area (Å²) in [6, 6.07) is 8.08. The number of rotatable bonds is 4. The van der Waals surface area contributed by atoms with Gasteiger partial charge in [-0.25, -0.2) is 9.36 Å². The Balaban J connectivity index is 1.74. The molecule has 7 heteroatoms. The molecule has 3 rings (SSSR count). The zero-order valence-corrected chi connectivity index (χ0v) is 11.9. The van der Waals surface area contributed by atoms with Crippen molar-refractivity contribution in [1.82, 2.24) is 24.8 Å². The van der Waals surface area contributed by atoms with Gasteiger partial charge in [-0.15, -0.1) is 5.10 Å². The summed E-state index contributed by atoms with van der Waals surface area (Å²) < 4.78 is 2.89. The first-order chi connectivity index (χ1) is 10.1. The Bertz CT molecular complexity index is 835. The van der Waals surface area contributed by atoms with Gasteiger partial charge >= 0.3 is 0 Å². The standard InChI is InChI=1S/C14H16N6O/c1-10-4-3-5-11(8-10)15-6-7-20-14(21)12-9-16-19(2)13(12)17-18-20/h3-5,8-9,15H,6-7H2,1-2H3. The van der Waals surface area contributed by atoms with Crippen LogP contribution in [0.4, 0.5) is 5.69 Å². The maximum Gasteiger partial charge on any atom is 0.280 e. The molecule has 0 saturated heterocycles. The van der Waals surface area contributed by atoms with Crippen molar-refractivity contribution in [2.75, 3.05) is 11.9 Å². The van der Waals surface area contributed by atoms with E-state index in [0.717, 1.165) is 5.69 Å². The molecule has 0 atom stereocenters. The molecule has 108 valence electrons. The summed E-state index contributed by atoms with van der Waals surface area (Å²) in [5.74, 6) is 0. The number of fused-ring (bicyclic) bond motifs is 1. The molecular formula is C14H16N6O. The predicted octanol–water partition coefficient (Wildman–Crippen LogP) is 0.946. The van der Waals surface area contributed by atoms with Crippen LogP contribution >= 0.6 is 0 Å². The second kappa shape index (κ2) is 5.35. The van der Waals surface area contributed by atoms with Crippen molar-refractivity contribution in [1.29, 1.82) is 0 Å². The minimum atomic E-state index is -0.167. The van der Waals surface area contributed by atoms with E-state index in [1.54, 1.807) is 11.7 Å². The highest BCUT2D eigenvalue weighted by Crippen LogP contribution is 2.08. The first-order valence-electron chi connectivity index (χ1n) is 6.71. The minimum absolute atomic E-state index is 0.167. The van der Waals surface area contributed by atoms with Crippen LogP contribution in [0.1, 0.15) is 5.56 Å². The molecule has 7 nitrogen and oxygen atoms in total. The van der Waals surface area contributed by atoms with Crippen molar-refractivity contribution < 1.29 is 0 Å². The number of hydrogen-bond donors (Lipinski definition) is 1. The second-order valence-corrected chi connectivity index (χ2v) is 4.92. The average molecular weight is 284 g/mol. The second-order valence-electron chi connectivity index (χ2n) is 4.92. The maximum absolute atomic E-state index is 12.2. The first-order valence-corrected chi connectivity index (χ1v) is 6.71. The minimum Gasteiger partial charge on any atom is -0.383 e. The fraction of sp³-hybridized carbons (Fsp3) is 0.286. The van der Waals surface area contributed by atoms with E-state index in [1.807, 2.05) is 25.1 Å². The van der Waals surface area contributed by atoms with E-state index < -0.39 is 0 Å². The van der Waals surface area contributed by atoms with E-state index in [0.29, 0.717) is 24.1 Å². The SMILES string of the molecule is Cc1cccc(NCCn2nnc3c(cnn3C)c2=O)c1. The van der Waals surface area contributed by atoms with Crippen LogP contribution in [-0.2, 0) is 13.6 Å². The molecule has 0 amide bonds. The lowest BCUT2D eigenvalue weighted by molar-refractivity contribution is 0.563. The van der Waals surface area contributed by atoms with E-state index in [1.165, 1.54) is 16.4 Å².